The zero-order chi connectivity index (χ0) is 13.1. The highest BCUT2D eigenvalue weighted by molar-refractivity contribution is 6.10. The third kappa shape index (κ3) is 2.08. The van der Waals surface area contributed by atoms with Gasteiger partial charge in [-0.25, -0.2) is 0 Å². The number of benzene rings is 2. The summed E-state index contributed by atoms with van der Waals surface area (Å²) < 4.78 is 0. The lowest BCUT2D eigenvalue weighted by Crippen LogP contribution is -2.21. The van der Waals surface area contributed by atoms with Gasteiger partial charge in [-0.15, -0.1) is 0 Å². The summed E-state index contributed by atoms with van der Waals surface area (Å²) in [6, 6.07) is 14.1. The van der Waals surface area contributed by atoms with Crippen LogP contribution in [-0.4, -0.2) is 11.8 Å². The molecule has 0 bridgehead atoms. The molecule has 2 aromatic rings. The van der Waals surface area contributed by atoms with Gasteiger partial charge in [-0.2, -0.15) is 0 Å². The van der Waals surface area contributed by atoms with Crippen LogP contribution >= 0.6 is 0 Å². The van der Waals surface area contributed by atoms with E-state index >= 15 is 0 Å². The Balaban J connectivity index is 2.72. The van der Waals surface area contributed by atoms with E-state index in [1.54, 1.807) is 12.1 Å². The van der Waals surface area contributed by atoms with Crippen LogP contribution in [0.4, 0.5) is 0 Å². The first-order valence-electron chi connectivity index (χ1n) is 5.39. The Labute approximate surface area is 104 Å². The highest BCUT2D eigenvalue weighted by atomic mass is 16.2. The van der Waals surface area contributed by atoms with E-state index in [9.17, 15) is 9.59 Å². The van der Waals surface area contributed by atoms with Crippen molar-refractivity contribution in [3.8, 4) is 11.1 Å². The van der Waals surface area contributed by atoms with Crippen molar-refractivity contribution < 1.29 is 9.59 Å². The van der Waals surface area contributed by atoms with Crippen LogP contribution in [0.5, 0.6) is 0 Å². The van der Waals surface area contributed by atoms with Crippen LogP contribution < -0.4 is 11.5 Å². The molecule has 0 radical (unpaired) electrons. The number of amides is 2. The second kappa shape index (κ2) is 4.71. The molecule has 0 atom stereocenters. The smallest absolute Gasteiger partial charge is 0.250 e. The number of rotatable bonds is 3. The highest BCUT2D eigenvalue weighted by Crippen LogP contribution is 2.25. The number of carbonyl (C=O) groups is 2. The monoisotopic (exact) mass is 240 g/mol. The van der Waals surface area contributed by atoms with Gasteiger partial charge in [-0.1, -0.05) is 42.5 Å². The van der Waals surface area contributed by atoms with Gasteiger partial charge in [0, 0.05) is 0 Å². The van der Waals surface area contributed by atoms with Crippen molar-refractivity contribution >= 4 is 11.8 Å². The summed E-state index contributed by atoms with van der Waals surface area (Å²) in [7, 11) is 0. The molecule has 2 amide bonds. The maximum atomic E-state index is 11.5. The number of carbonyl (C=O) groups excluding carboxylic acids is 2. The molecular formula is C14H12N2O2. The van der Waals surface area contributed by atoms with E-state index in [-0.39, 0.29) is 11.1 Å². The van der Waals surface area contributed by atoms with E-state index in [0.717, 1.165) is 5.56 Å². The van der Waals surface area contributed by atoms with E-state index in [2.05, 4.69) is 0 Å². The Morgan fingerprint density at radius 2 is 1.44 bits per heavy atom. The minimum absolute atomic E-state index is 0.142. The van der Waals surface area contributed by atoms with Crippen LogP contribution in [0.25, 0.3) is 11.1 Å². The van der Waals surface area contributed by atoms with Gasteiger partial charge in [0.1, 0.15) is 0 Å². The number of nitrogens with two attached hydrogens (primary N) is 2. The molecule has 0 aromatic heterocycles. The Bertz CT molecular complexity index is 606. The SMILES string of the molecule is NC(=O)c1cccc(-c2ccccc2)c1C(N)=O. The molecule has 0 saturated heterocycles. The zero-order valence-electron chi connectivity index (χ0n) is 9.59. The molecule has 0 aliphatic rings. The van der Waals surface area contributed by atoms with Gasteiger partial charge in [-0.3, -0.25) is 9.59 Å². The van der Waals surface area contributed by atoms with E-state index in [4.69, 9.17) is 11.5 Å². The van der Waals surface area contributed by atoms with Crippen LogP contribution in [0.1, 0.15) is 20.7 Å². The van der Waals surface area contributed by atoms with E-state index in [0.29, 0.717) is 5.56 Å². The van der Waals surface area contributed by atoms with Gasteiger partial charge in [0.05, 0.1) is 11.1 Å². The van der Waals surface area contributed by atoms with Crippen LogP contribution in [0.3, 0.4) is 0 Å². The van der Waals surface area contributed by atoms with Crippen molar-refractivity contribution in [2.75, 3.05) is 0 Å². The molecule has 18 heavy (non-hydrogen) atoms. The topological polar surface area (TPSA) is 86.2 Å². The molecule has 2 rings (SSSR count). The molecule has 0 saturated carbocycles. The van der Waals surface area contributed by atoms with E-state index in [1.165, 1.54) is 6.07 Å². The van der Waals surface area contributed by atoms with Gasteiger partial charge < -0.3 is 11.5 Å². The van der Waals surface area contributed by atoms with E-state index in [1.807, 2.05) is 30.3 Å². The van der Waals surface area contributed by atoms with Crippen LogP contribution in [-0.2, 0) is 0 Å². The summed E-state index contributed by atoms with van der Waals surface area (Å²) in [6.45, 7) is 0. The predicted molar refractivity (Wildman–Crippen MR) is 68.9 cm³/mol. The predicted octanol–water partition coefficient (Wildman–Crippen LogP) is 1.55. The zero-order valence-corrected chi connectivity index (χ0v) is 9.59. The fourth-order valence-corrected chi connectivity index (χ4v) is 1.88. The fraction of sp³-hybridized carbons (Fsp3) is 0. The van der Waals surface area contributed by atoms with Gasteiger partial charge in [0.15, 0.2) is 0 Å². The van der Waals surface area contributed by atoms with Crippen molar-refractivity contribution in [3.63, 3.8) is 0 Å². The fourth-order valence-electron chi connectivity index (χ4n) is 1.88. The van der Waals surface area contributed by atoms with Gasteiger partial charge >= 0.3 is 0 Å². The minimum Gasteiger partial charge on any atom is -0.366 e. The first-order chi connectivity index (χ1) is 8.61. The standard InChI is InChI=1S/C14H12N2O2/c15-13(17)11-8-4-7-10(12(11)14(16)18)9-5-2-1-3-6-9/h1-8H,(H2,15,17)(H2,16,18). The molecule has 0 spiro atoms. The van der Waals surface area contributed by atoms with Crippen molar-refractivity contribution in [1.82, 2.24) is 0 Å². The molecule has 2 aromatic carbocycles. The molecular weight excluding hydrogens is 228 g/mol. The summed E-state index contributed by atoms with van der Waals surface area (Å²) in [5.41, 5.74) is 12.3. The van der Waals surface area contributed by atoms with Crippen molar-refractivity contribution in [2.24, 2.45) is 11.5 Å². The van der Waals surface area contributed by atoms with Crippen molar-refractivity contribution in [1.29, 1.82) is 0 Å². The molecule has 90 valence electrons. The van der Waals surface area contributed by atoms with E-state index < -0.39 is 11.8 Å². The second-order valence-corrected chi connectivity index (χ2v) is 3.82. The Morgan fingerprint density at radius 3 is 2.00 bits per heavy atom. The lowest BCUT2D eigenvalue weighted by Gasteiger charge is -2.10. The molecule has 4 N–H and O–H groups in total. The normalized spacial score (nSPS) is 10.0. The highest BCUT2D eigenvalue weighted by Gasteiger charge is 2.17. The van der Waals surface area contributed by atoms with Gasteiger partial charge in [-0.05, 0) is 17.2 Å². The third-order valence-corrected chi connectivity index (χ3v) is 2.66. The quantitative estimate of drug-likeness (QED) is 0.852. The van der Waals surface area contributed by atoms with Crippen LogP contribution in [0.2, 0.25) is 0 Å². The second-order valence-electron chi connectivity index (χ2n) is 3.82. The summed E-state index contributed by atoms with van der Waals surface area (Å²) in [4.78, 5) is 22.9. The van der Waals surface area contributed by atoms with Crippen molar-refractivity contribution in [2.45, 2.75) is 0 Å². The van der Waals surface area contributed by atoms with Crippen molar-refractivity contribution in [3.05, 3.63) is 59.7 Å². The minimum atomic E-state index is -0.665. The van der Waals surface area contributed by atoms with Gasteiger partial charge in [0.25, 0.3) is 0 Å². The summed E-state index contributed by atoms with van der Waals surface area (Å²) in [5.74, 6) is -1.33. The van der Waals surface area contributed by atoms with Crippen LogP contribution in [0.15, 0.2) is 48.5 Å². The first kappa shape index (κ1) is 11.9. The van der Waals surface area contributed by atoms with Crippen LogP contribution in [0, 0.1) is 0 Å². The molecule has 0 heterocycles. The number of hydrogen-bond acceptors (Lipinski definition) is 2. The lowest BCUT2D eigenvalue weighted by molar-refractivity contribution is 0.0968. The first-order valence-corrected chi connectivity index (χ1v) is 5.39. The molecule has 0 fully saturated rings. The third-order valence-electron chi connectivity index (χ3n) is 2.66. The average molecular weight is 240 g/mol. The Kier molecular flexibility index (Phi) is 3.10. The maximum Gasteiger partial charge on any atom is 0.250 e. The molecule has 0 unspecified atom stereocenters. The summed E-state index contributed by atoms with van der Waals surface area (Å²) >= 11 is 0. The summed E-state index contributed by atoms with van der Waals surface area (Å²) in [5, 5.41) is 0. The average Bonchev–Trinajstić information content (AvgIpc) is 2.38. The number of hydrogen-bond donors (Lipinski definition) is 2. The lowest BCUT2D eigenvalue weighted by atomic mass is 9.94. The maximum absolute atomic E-state index is 11.5. The number of primary amides is 2. The molecule has 4 heteroatoms. The Hall–Kier alpha value is -2.62. The van der Waals surface area contributed by atoms with Gasteiger partial charge in [0.2, 0.25) is 11.8 Å². The molecule has 0 aliphatic heterocycles. The molecule has 4 nitrogen and oxygen atoms in total. The molecule has 0 aliphatic carbocycles. The largest absolute Gasteiger partial charge is 0.366 e. The Morgan fingerprint density at radius 1 is 0.778 bits per heavy atom. The summed E-state index contributed by atoms with van der Waals surface area (Å²) in [6.07, 6.45) is 0.